The Morgan fingerprint density at radius 1 is 1.15 bits per heavy atom. The Morgan fingerprint density at radius 2 is 1.93 bits per heavy atom. The number of anilines is 1. The third-order valence-electron chi connectivity index (χ3n) is 4.40. The minimum atomic E-state index is -0.0144. The summed E-state index contributed by atoms with van der Waals surface area (Å²) in [6.45, 7) is 7.60. The molecule has 0 atom stereocenters. The first kappa shape index (κ1) is 20.8. The van der Waals surface area contributed by atoms with Crippen LogP contribution in [0.5, 0.6) is 11.5 Å². The van der Waals surface area contributed by atoms with E-state index in [9.17, 15) is 4.79 Å². The van der Waals surface area contributed by atoms with Gasteiger partial charge in [-0.25, -0.2) is 0 Å². The Hall–Kier alpha value is -2.53. The van der Waals surface area contributed by atoms with E-state index in [2.05, 4.69) is 18.3 Å². The standard InChI is InChI=1S/C22H30N2O3/c1-6-18-10-8-9-16(3)22(18)23-21(25)15-24(4)14-17-11-12-19(27-7-2)20(13-17)26-5/h8-13H,6-7,14-15H2,1-5H3,(H,23,25). The van der Waals surface area contributed by atoms with Crippen LogP contribution in [0.1, 0.15) is 30.5 Å². The molecule has 27 heavy (non-hydrogen) atoms. The molecule has 2 rings (SSSR count). The molecule has 0 saturated carbocycles. The molecule has 2 aromatic rings. The van der Waals surface area contributed by atoms with E-state index < -0.39 is 0 Å². The summed E-state index contributed by atoms with van der Waals surface area (Å²) in [6.07, 6.45) is 0.888. The molecule has 0 spiro atoms. The Bertz CT molecular complexity index is 774. The van der Waals surface area contributed by atoms with Crippen molar-refractivity contribution in [3.63, 3.8) is 0 Å². The summed E-state index contributed by atoms with van der Waals surface area (Å²) in [7, 11) is 3.56. The Balaban J connectivity index is 1.99. The normalized spacial score (nSPS) is 10.7. The van der Waals surface area contributed by atoms with Gasteiger partial charge in [0.2, 0.25) is 5.91 Å². The summed E-state index contributed by atoms with van der Waals surface area (Å²) in [5.41, 5.74) is 4.24. The lowest BCUT2D eigenvalue weighted by Crippen LogP contribution is -2.30. The lowest BCUT2D eigenvalue weighted by molar-refractivity contribution is -0.117. The number of methoxy groups -OCH3 is 1. The zero-order valence-corrected chi connectivity index (χ0v) is 17.0. The van der Waals surface area contributed by atoms with Gasteiger partial charge in [0.25, 0.3) is 0 Å². The molecule has 0 aliphatic rings. The minimum Gasteiger partial charge on any atom is -0.493 e. The highest BCUT2D eigenvalue weighted by atomic mass is 16.5. The maximum absolute atomic E-state index is 12.5. The molecule has 5 nitrogen and oxygen atoms in total. The van der Waals surface area contributed by atoms with Crippen LogP contribution in [0, 0.1) is 6.92 Å². The van der Waals surface area contributed by atoms with Gasteiger partial charge in [0.05, 0.1) is 20.3 Å². The maximum atomic E-state index is 12.5. The number of nitrogens with one attached hydrogen (secondary N) is 1. The van der Waals surface area contributed by atoms with Crippen molar-refractivity contribution < 1.29 is 14.3 Å². The predicted octanol–water partition coefficient (Wildman–Crippen LogP) is 4.04. The number of para-hydroxylation sites is 1. The van der Waals surface area contributed by atoms with Gasteiger partial charge in [-0.15, -0.1) is 0 Å². The number of hydrogen-bond acceptors (Lipinski definition) is 4. The molecule has 1 N–H and O–H groups in total. The number of likely N-dealkylation sites (N-methyl/N-ethyl adjacent to an activating group) is 1. The molecule has 0 bridgehead atoms. The van der Waals surface area contributed by atoms with E-state index in [1.165, 1.54) is 0 Å². The second-order valence-electron chi connectivity index (χ2n) is 6.60. The van der Waals surface area contributed by atoms with Crippen LogP contribution in [0.4, 0.5) is 5.69 Å². The molecule has 146 valence electrons. The second-order valence-corrected chi connectivity index (χ2v) is 6.60. The van der Waals surface area contributed by atoms with E-state index in [0.717, 1.165) is 34.5 Å². The quantitative estimate of drug-likeness (QED) is 0.724. The van der Waals surface area contributed by atoms with Crippen molar-refractivity contribution >= 4 is 11.6 Å². The number of amides is 1. The number of carbonyl (C=O) groups is 1. The minimum absolute atomic E-state index is 0.0144. The zero-order chi connectivity index (χ0) is 19.8. The number of rotatable bonds is 9. The van der Waals surface area contributed by atoms with Crippen LogP contribution in [-0.2, 0) is 17.8 Å². The highest BCUT2D eigenvalue weighted by Gasteiger charge is 2.12. The first-order valence-electron chi connectivity index (χ1n) is 9.35. The number of benzene rings is 2. The van der Waals surface area contributed by atoms with Crippen LogP contribution in [0.15, 0.2) is 36.4 Å². The van der Waals surface area contributed by atoms with Crippen molar-refractivity contribution in [2.45, 2.75) is 33.7 Å². The average Bonchev–Trinajstić information content (AvgIpc) is 2.64. The van der Waals surface area contributed by atoms with Crippen LogP contribution in [0.2, 0.25) is 0 Å². The maximum Gasteiger partial charge on any atom is 0.238 e. The largest absolute Gasteiger partial charge is 0.493 e. The van der Waals surface area contributed by atoms with Gasteiger partial charge in [0.15, 0.2) is 11.5 Å². The fraction of sp³-hybridized carbons (Fsp3) is 0.409. The topological polar surface area (TPSA) is 50.8 Å². The summed E-state index contributed by atoms with van der Waals surface area (Å²) >= 11 is 0. The van der Waals surface area contributed by atoms with Crippen molar-refractivity contribution in [2.24, 2.45) is 0 Å². The highest BCUT2D eigenvalue weighted by Crippen LogP contribution is 2.28. The van der Waals surface area contributed by atoms with E-state index in [4.69, 9.17) is 9.47 Å². The van der Waals surface area contributed by atoms with Crippen LogP contribution in [0.3, 0.4) is 0 Å². The van der Waals surface area contributed by atoms with E-state index in [0.29, 0.717) is 25.4 Å². The van der Waals surface area contributed by atoms with Gasteiger partial charge in [-0.1, -0.05) is 31.2 Å². The Morgan fingerprint density at radius 3 is 2.59 bits per heavy atom. The summed E-state index contributed by atoms with van der Waals surface area (Å²) in [6, 6.07) is 12.0. The third-order valence-corrected chi connectivity index (χ3v) is 4.40. The first-order valence-corrected chi connectivity index (χ1v) is 9.35. The highest BCUT2D eigenvalue weighted by molar-refractivity contribution is 5.93. The predicted molar refractivity (Wildman–Crippen MR) is 110 cm³/mol. The number of ether oxygens (including phenoxy) is 2. The fourth-order valence-corrected chi connectivity index (χ4v) is 3.08. The van der Waals surface area contributed by atoms with Crippen LogP contribution < -0.4 is 14.8 Å². The van der Waals surface area contributed by atoms with Crippen molar-refractivity contribution in [1.29, 1.82) is 0 Å². The van der Waals surface area contributed by atoms with Crippen LogP contribution in [0.25, 0.3) is 0 Å². The van der Waals surface area contributed by atoms with Gasteiger partial charge in [-0.05, 0) is 56.1 Å². The molecule has 0 saturated heterocycles. The number of carbonyl (C=O) groups excluding carboxylic acids is 1. The Labute approximate surface area is 162 Å². The lowest BCUT2D eigenvalue weighted by atomic mass is 10.1. The summed E-state index contributed by atoms with van der Waals surface area (Å²) in [4.78, 5) is 14.5. The molecular formula is C22H30N2O3. The van der Waals surface area contributed by atoms with Gasteiger partial charge in [-0.2, -0.15) is 0 Å². The van der Waals surface area contributed by atoms with Gasteiger partial charge < -0.3 is 14.8 Å². The van der Waals surface area contributed by atoms with Gasteiger partial charge in [-0.3, -0.25) is 9.69 Å². The van der Waals surface area contributed by atoms with Crippen molar-refractivity contribution in [3.8, 4) is 11.5 Å². The molecule has 5 heteroatoms. The summed E-state index contributed by atoms with van der Waals surface area (Å²) in [5.74, 6) is 1.43. The summed E-state index contributed by atoms with van der Waals surface area (Å²) < 4.78 is 10.9. The van der Waals surface area contributed by atoms with Gasteiger partial charge in [0.1, 0.15) is 0 Å². The molecule has 0 fully saturated rings. The number of hydrogen-bond donors (Lipinski definition) is 1. The molecular weight excluding hydrogens is 340 g/mol. The van der Waals surface area contributed by atoms with Crippen molar-refractivity contribution in [1.82, 2.24) is 4.90 Å². The molecule has 0 aliphatic carbocycles. The smallest absolute Gasteiger partial charge is 0.238 e. The van der Waals surface area contributed by atoms with E-state index in [1.54, 1.807) is 7.11 Å². The average molecular weight is 370 g/mol. The number of nitrogens with zero attached hydrogens (tertiary/aromatic N) is 1. The second kappa shape index (κ2) is 9.97. The Kier molecular flexibility index (Phi) is 7.67. The fourth-order valence-electron chi connectivity index (χ4n) is 3.08. The number of aryl methyl sites for hydroxylation is 2. The monoisotopic (exact) mass is 370 g/mol. The SMILES string of the molecule is CCOc1ccc(CN(C)CC(=O)Nc2c(C)cccc2CC)cc1OC. The van der Waals surface area contributed by atoms with Crippen LogP contribution >= 0.6 is 0 Å². The van der Waals surface area contributed by atoms with Crippen molar-refractivity contribution in [3.05, 3.63) is 53.1 Å². The molecule has 2 aromatic carbocycles. The molecule has 0 heterocycles. The molecule has 0 aliphatic heterocycles. The molecule has 1 amide bonds. The first-order chi connectivity index (χ1) is 13.0. The molecule has 0 unspecified atom stereocenters. The van der Waals surface area contributed by atoms with Crippen LogP contribution in [-0.4, -0.2) is 38.1 Å². The zero-order valence-electron chi connectivity index (χ0n) is 17.0. The lowest BCUT2D eigenvalue weighted by Gasteiger charge is -2.19. The van der Waals surface area contributed by atoms with Gasteiger partial charge in [0, 0.05) is 12.2 Å². The third kappa shape index (κ3) is 5.73. The van der Waals surface area contributed by atoms with Crippen molar-refractivity contribution in [2.75, 3.05) is 32.6 Å². The molecule has 0 radical (unpaired) electrons. The van der Waals surface area contributed by atoms with E-state index >= 15 is 0 Å². The summed E-state index contributed by atoms with van der Waals surface area (Å²) in [5, 5.41) is 3.07. The molecule has 0 aromatic heterocycles. The van der Waals surface area contributed by atoms with E-state index in [1.807, 2.05) is 56.1 Å². The van der Waals surface area contributed by atoms with Gasteiger partial charge >= 0.3 is 0 Å². The van der Waals surface area contributed by atoms with E-state index in [-0.39, 0.29) is 5.91 Å².